The number of rotatable bonds is 4. The van der Waals surface area contributed by atoms with Crippen LogP contribution in [-0.2, 0) is 6.54 Å². The van der Waals surface area contributed by atoms with Gasteiger partial charge in [-0.3, -0.25) is 4.98 Å². The molecule has 1 aromatic carbocycles. The molecule has 0 radical (unpaired) electrons. The average molecular weight is 305 g/mol. The summed E-state index contributed by atoms with van der Waals surface area (Å²) in [5.41, 5.74) is 9.68. The van der Waals surface area contributed by atoms with Crippen LogP contribution in [0.5, 0.6) is 5.75 Å². The van der Waals surface area contributed by atoms with Gasteiger partial charge in [0.05, 0.1) is 18.5 Å². The fourth-order valence-corrected chi connectivity index (χ4v) is 2.55. The molecule has 1 aromatic heterocycles. The van der Waals surface area contributed by atoms with E-state index in [9.17, 15) is 0 Å². The Morgan fingerprint density at radius 3 is 2.87 bits per heavy atom. The second-order valence-corrected chi connectivity index (χ2v) is 5.17. The van der Waals surface area contributed by atoms with E-state index in [0.717, 1.165) is 34.8 Å². The average Bonchev–Trinajstić information content (AvgIpc) is 2.63. The van der Waals surface area contributed by atoms with Gasteiger partial charge < -0.3 is 15.4 Å². The number of nitrogens with zero attached hydrogens (tertiary/aromatic N) is 2. The third-order valence-corrected chi connectivity index (χ3v) is 3.71. The van der Waals surface area contributed by atoms with E-state index >= 15 is 0 Å². The Morgan fingerprint density at radius 2 is 2.13 bits per heavy atom. The van der Waals surface area contributed by atoms with Crippen LogP contribution in [0.25, 0.3) is 11.3 Å². The number of ether oxygens (including phenoxy) is 1. The first-order valence-corrected chi connectivity index (χ1v) is 7.43. The Labute approximate surface area is 136 Å². The largest absolute Gasteiger partial charge is 0.496 e. The molecule has 0 unspecified atom stereocenters. The fourth-order valence-electron chi connectivity index (χ4n) is 2.55. The number of nitrogens with two attached hydrogens (primary N) is 1. The lowest BCUT2D eigenvalue weighted by Gasteiger charge is -2.23. The number of aromatic nitrogens is 1. The van der Waals surface area contributed by atoms with E-state index in [1.807, 2.05) is 54.8 Å². The highest BCUT2D eigenvalue weighted by Crippen LogP contribution is 2.30. The molecule has 2 N–H and O–H groups in total. The third kappa shape index (κ3) is 3.26. The summed E-state index contributed by atoms with van der Waals surface area (Å²) in [5.74, 6) is 0.816. The summed E-state index contributed by atoms with van der Waals surface area (Å²) in [6.45, 7) is 0.725. The van der Waals surface area contributed by atoms with E-state index in [0.29, 0.717) is 0 Å². The number of hydrogen-bond acceptors (Lipinski definition) is 4. The maximum Gasteiger partial charge on any atom is 0.128 e. The van der Waals surface area contributed by atoms with Gasteiger partial charge >= 0.3 is 0 Å². The van der Waals surface area contributed by atoms with Crippen LogP contribution in [0.2, 0.25) is 0 Å². The summed E-state index contributed by atoms with van der Waals surface area (Å²) in [5, 5.41) is 0. The minimum Gasteiger partial charge on any atom is -0.496 e. The molecule has 0 bridgehead atoms. The number of hydrogen-bond donors (Lipinski definition) is 1. The minimum atomic E-state index is 0.725. The van der Waals surface area contributed by atoms with Crippen LogP contribution in [0.4, 0.5) is 0 Å². The molecular weight excluding hydrogens is 286 g/mol. The highest BCUT2D eigenvalue weighted by Gasteiger charge is 2.11. The standard InChI is InChI=1S/C19H19N3O/c1-23-19-12-15(14-22-11-5-3-6-16(22)13-20)8-9-17(19)18-7-2-4-10-21-18/h2-13H,14,20H2,1H3/b16-13-. The zero-order valence-corrected chi connectivity index (χ0v) is 13.0. The van der Waals surface area contributed by atoms with E-state index in [4.69, 9.17) is 10.5 Å². The molecule has 0 saturated carbocycles. The van der Waals surface area contributed by atoms with Gasteiger partial charge in [-0.25, -0.2) is 0 Å². The molecule has 116 valence electrons. The smallest absolute Gasteiger partial charge is 0.128 e. The molecule has 1 aliphatic rings. The summed E-state index contributed by atoms with van der Waals surface area (Å²) in [7, 11) is 1.68. The van der Waals surface area contributed by atoms with Crippen LogP contribution in [-0.4, -0.2) is 17.0 Å². The molecule has 4 heteroatoms. The normalized spacial score (nSPS) is 15.2. The summed E-state index contributed by atoms with van der Waals surface area (Å²) in [4.78, 5) is 6.48. The van der Waals surface area contributed by atoms with Crippen molar-refractivity contribution in [3.63, 3.8) is 0 Å². The Morgan fingerprint density at radius 1 is 1.22 bits per heavy atom. The summed E-state index contributed by atoms with van der Waals surface area (Å²) in [6.07, 6.45) is 11.4. The molecule has 0 saturated heterocycles. The Kier molecular flexibility index (Phi) is 4.43. The summed E-state index contributed by atoms with van der Waals surface area (Å²) < 4.78 is 5.55. The Bertz CT molecular complexity index is 763. The van der Waals surface area contributed by atoms with Crippen LogP contribution in [0.1, 0.15) is 5.56 Å². The maximum atomic E-state index is 5.68. The van der Waals surface area contributed by atoms with Gasteiger partial charge in [0.1, 0.15) is 5.75 Å². The molecule has 23 heavy (non-hydrogen) atoms. The first-order valence-electron chi connectivity index (χ1n) is 7.43. The zero-order valence-electron chi connectivity index (χ0n) is 13.0. The minimum absolute atomic E-state index is 0.725. The van der Waals surface area contributed by atoms with Gasteiger partial charge in [-0.15, -0.1) is 0 Å². The molecule has 4 nitrogen and oxygen atoms in total. The van der Waals surface area contributed by atoms with Gasteiger partial charge in [0.15, 0.2) is 0 Å². The molecule has 0 atom stereocenters. The lowest BCUT2D eigenvalue weighted by Crippen LogP contribution is -2.17. The van der Waals surface area contributed by atoms with Gasteiger partial charge in [0.2, 0.25) is 0 Å². The lowest BCUT2D eigenvalue weighted by molar-refractivity contribution is 0.413. The van der Waals surface area contributed by atoms with E-state index in [1.54, 1.807) is 19.5 Å². The fraction of sp³-hybridized carbons (Fsp3) is 0.105. The maximum absolute atomic E-state index is 5.68. The Balaban J connectivity index is 1.88. The zero-order chi connectivity index (χ0) is 16.1. The van der Waals surface area contributed by atoms with Crippen molar-refractivity contribution in [2.24, 2.45) is 5.73 Å². The van der Waals surface area contributed by atoms with E-state index in [-0.39, 0.29) is 0 Å². The van der Waals surface area contributed by atoms with Crippen LogP contribution < -0.4 is 10.5 Å². The number of pyridine rings is 1. The molecule has 0 amide bonds. The molecule has 0 fully saturated rings. The lowest BCUT2D eigenvalue weighted by atomic mass is 10.1. The first kappa shape index (κ1) is 14.9. The van der Waals surface area contributed by atoms with Crippen molar-refractivity contribution in [1.29, 1.82) is 0 Å². The van der Waals surface area contributed by atoms with Gasteiger partial charge in [-0.1, -0.05) is 18.2 Å². The highest BCUT2D eigenvalue weighted by atomic mass is 16.5. The molecule has 0 aliphatic carbocycles. The molecular formula is C19H19N3O. The van der Waals surface area contributed by atoms with E-state index in [1.165, 1.54) is 0 Å². The third-order valence-electron chi connectivity index (χ3n) is 3.71. The van der Waals surface area contributed by atoms with Crippen molar-refractivity contribution in [3.05, 3.63) is 84.5 Å². The summed E-state index contributed by atoms with van der Waals surface area (Å²) >= 11 is 0. The highest BCUT2D eigenvalue weighted by molar-refractivity contribution is 5.67. The van der Waals surface area contributed by atoms with Gasteiger partial charge in [-0.2, -0.15) is 0 Å². The first-order chi connectivity index (χ1) is 11.3. The van der Waals surface area contributed by atoms with Gasteiger partial charge in [0, 0.05) is 30.7 Å². The predicted octanol–water partition coefficient (Wildman–Crippen LogP) is 3.44. The van der Waals surface area contributed by atoms with Crippen molar-refractivity contribution in [2.75, 3.05) is 7.11 Å². The SMILES string of the molecule is COc1cc(CN2C=CC=C/C2=C/N)ccc1-c1ccccn1. The molecule has 3 rings (SSSR count). The molecule has 0 spiro atoms. The Hall–Kier alpha value is -3.01. The quantitative estimate of drug-likeness (QED) is 0.940. The van der Waals surface area contributed by atoms with Crippen molar-refractivity contribution in [1.82, 2.24) is 9.88 Å². The van der Waals surface area contributed by atoms with Gasteiger partial charge in [-0.05, 0) is 42.0 Å². The van der Waals surface area contributed by atoms with Crippen LogP contribution in [0.3, 0.4) is 0 Å². The van der Waals surface area contributed by atoms with Crippen molar-refractivity contribution in [2.45, 2.75) is 6.54 Å². The summed E-state index contributed by atoms with van der Waals surface area (Å²) in [6, 6.07) is 12.0. The number of methoxy groups -OCH3 is 1. The van der Waals surface area contributed by atoms with Gasteiger partial charge in [0.25, 0.3) is 0 Å². The van der Waals surface area contributed by atoms with Crippen LogP contribution in [0.15, 0.2) is 78.9 Å². The topological polar surface area (TPSA) is 51.4 Å². The predicted molar refractivity (Wildman–Crippen MR) is 92.3 cm³/mol. The molecule has 2 heterocycles. The number of allylic oxidation sites excluding steroid dienone is 3. The molecule has 1 aliphatic heterocycles. The number of benzene rings is 1. The van der Waals surface area contributed by atoms with E-state index in [2.05, 4.69) is 16.0 Å². The second kappa shape index (κ2) is 6.83. The monoisotopic (exact) mass is 305 g/mol. The van der Waals surface area contributed by atoms with E-state index < -0.39 is 0 Å². The van der Waals surface area contributed by atoms with Crippen molar-refractivity contribution < 1.29 is 4.74 Å². The second-order valence-electron chi connectivity index (χ2n) is 5.17. The van der Waals surface area contributed by atoms with Crippen molar-refractivity contribution >= 4 is 0 Å². The van der Waals surface area contributed by atoms with Crippen LogP contribution in [0, 0.1) is 0 Å². The molecule has 2 aromatic rings. The van der Waals surface area contributed by atoms with Crippen molar-refractivity contribution in [3.8, 4) is 17.0 Å². The van der Waals surface area contributed by atoms with Crippen LogP contribution >= 0.6 is 0 Å².